The maximum atomic E-state index is 5.44. The molecule has 0 fully saturated rings. The van der Waals surface area contributed by atoms with Crippen molar-refractivity contribution < 1.29 is 4.42 Å². The molecule has 4 rings (SSSR count). The first-order valence-electron chi connectivity index (χ1n) is 6.42. The van der Waals surface area contributed by atoms with Crippen LogP contribution >= 0.6 is 0 Å². The Morgan fingerprint density at radius 1 is 1.20 bits per heavy atom. The summed E-state index contributed by atoms with van der Waals surface area (Å²) >= 11 is 0. The van der Waals surface area contributed by atoms with Crippen LogP contribution in [-0.4, -0.2) is 24.1 Å². The first-order chi connectivity index (χ1) is 9.75. The Hall–Kier alpha value is -2.63. The zero-order valence-corrected chi connectivity index (χ0v) is 11.2. The summed E-state index contributed by atoms with van der Waals surface area (Å²) in [6, 6.07) is 3.86. The van der Waals surface area contributed by atoms with Crippen LogP contribution in [0.2, 0.25) is 0 Å². The van der Waals surface area contributed by atoms with Crippen molar-refractivity contribution in [1.29, 1.82) is 0 Å². The number of aryl methyl sites for hydroxylation is 1. The van der Waals surface area contributed by atoms with Crippen molar-refractivity contribution in [3.05, 3.63) is 48.1 Å². The van der Waals surface area contributed by atoms with Gasteiger partial charge in [-0.25, -0.2) is 14.5 Å². The monoisotopic (exact) mass is 267 g/mol. The molecule has 0 unspecified atom stereocenters. The van der Waals surface area contributed by atoms with Crippen LogP contribution in [0.15, 0.2) is 35.5 Å². The molecule has 0 radical (unpaired) electrons. The Kier molecular flexibility index (Phi) is 2.20. The third-order valence-corrected chi connectivity index (χ3v) is 3.78. The van der Waals surface area contributed by atoms with Gasteiger partial charge in [0.05, 0.1) is 18.2 Å². The second kappa shape index (κ2) is 3.93. The summed E-state index contributed by atoms with van der Waals surface area (Å²) in [5.74, 6) is 0.910. The van der Waals surface area contributed by atoms with E-state index in [0.717, 1.165) is 22.4 Å². The summed E-state index contributed by atoms with van der Waals surface area (Å²) < 4.78 is 9.29. The molecule has 0 atom stereocenters. The number of fused-ring (bicyclic) bond motifs is 3. The number of furan rings is 1. The number of hydrogen-bond donors (Lipinski definition) is 0. The van der Waals surface area contributed by atoms with Gasteiger partial charge < -0.3 is 8.98 Å². The fraction of sp³-hybridized carbons (Fsp3) is 0.214. The molecule has 0 aromatic carbocycles. The van der Waals surface area contributed by atoms with E-state index in [-0.39, 0.29) is 0 Å². The van der Waals surface area contributed by atoms with Crippen molar-refractivity contribution in [2.24, 2.45) is 0 Å². The molecule has 0 saturated carbocycles. The number of nitrogens with zero attached hydrogens (tertiary/aromatic N) is 5. The third-order valence-electron chi connectivity index (χ3n) is 3.78. The first-order valence-corrected chi connectivity index (χ1v) is 6.42. The third kappa shape index (κ3) is 1.41. The molecule has 0 aliphatic carbocycles. The fourth-order valence-electron chi connectivity index (χ4n) is 2.62. The van der Waals surface area contributed by atoms with Gasteiger partial charge in [0.2, 0.25) is 0 Å². The van der Waals surface area contributed by atoms with Crippen molar-refractivity contribution in [3.8, 4) is 0 Å². The van der Waals surface area contributed by atoms with Crippen molar-refractivity contribution >= 4 is 16.7 Å². The quantitative estimate of drug-likeness (QED) is 0.559. The van der Waals surface area contributed by atoms with E-state index in [2.05, 4.69) is 33.5 Å². The van der Waals surface area contributed by atoms with E-state index in [1.54, 1.807) is 23.4 Å². The van der Waals surface area contributed by atoms with E-state index in [1.165, 1.54) is 11.3 Å². The van der Waals surface area contributed by atoms with E-state index in [4.69, 9.17) is 4.42 Å². The highest BCUT2D eigenvalue weighted by atomic mass is 16.3. The predicted octanol–water partition coefficient (Wildman–Crippen LogP) is 2.34. The smallest absolute Gasteiger partial charge is 0.168 e. The Balaban J connectivity index is 2.03. The number of hydrogen-bond acceptors (Lipinski definition) is 4. The van der Waals surface area contributed by atoms with Gasteiger partial charge in [-0.3, -0.25) is 0 Å². The van der Waals surface area contributed by atoms with Gasteiger partial charge in [0.15, 0.2) is 5.65 Å². The van der Waals surface area contributed by atoms with Crippen LogP contribution in [0.4, 0.5) is 0 Å². The Morgan fingerprint density at radius 2 is 2.10 bits per heavy atom. The van der Waals surface area contributed by atoms with Crippen molar-refractivity contribution in [2.45, 2.75) is 20.4 Å². The van der Waals surface area contributed by atoms with Crippen molar-refractivity contribution in [1.82, 2.24) is 24.1 Å². The number of aromatic nitrogens is 5. The Labute approximate surface area is 114 Å². The maximum absolute atomic E-state index is 5.44. The van der Waals surface area contributed by atoms with Gasteiger partial charge in [-0.2, -0.15) is 5.10 Å². The average Bonchev–Trinajstić information content (AvgIpc) is 3.16. The molecular weight excluding hydrogens is 254 g/mol. The molecule has 100 valence electrons. The average molecular weight is 267 g/mol. The first kappa shape index (κ1) is 11.2. The van der Waals surface area contributed by atoms with Gasteiger partial charge in [0.1, 0.15) is 24.1 Å². The van der Waals surface area contributed by atoms with Crippen LogP contribution in [0.25, 0.3) is 16.7 Å². The standard InChI is InChI=1S/C14H13N5O/c1-9-10(2)18(6-11-4-3-5-20-11)13-12(9)14-15-7-17-19(14)8-16-13/h3-5,7-8H,6H2,1-2H3. The fourth-order valence-corrected chi connectivity index (χ4v) is 2.62. The van der Waals surface area contributed by atoms with E-state index in [0.29, 0.717) is 6.54 Å². The second-order valence-corrected chi connectivity index (χ2v) is 4.85. The molecule has 4 heterocycles. The van der Waals surface area contributed by atoms with Gasteiger partial charge >= 0.3 is 0 Å². The molecule has 6 heteroatoms. The Morgan fingerprint density at radius 3 is 2.90 bits per heavy atom. The van der Waals surface area contributed by atoms with Crippen LogP contribution in [0.5, 0.6) is 0 Å². The summed E-state index contributed by atoms with van der Waals surface area (Å²) in [7, 11) is 0. The van der Waals surface area contributed by atoms with Crippen LogP contribution in [0.1, 0.15) is 17.0 Å². The van der Waals surface area contributed by atoms with Crippen LogP contribution in [0.3, 0.4) is 0 Å². The molecule has 4 aromatic rings. The van der Waals surface area contributed by atoms with Crippen molar-refractivity contribution in [3.63, 3.8) is 0 Å². The molecule has 20 heavy (non-hydrogen) atoms. The lowest BCUT2D eigenvalue weighted by Gasteiger charge is -2.05. The van der Waals surface area contributed by atoms with E-state index >= 15 is 0 Å². The van der Waals surface area contributed by atoms with Crippen molar-refractivity contribution in [2.75, 3.05) is 0 Å². The molecule has 0 aliphatic rings. The topological polar surface area (TPSA) is 61.2 Å². The minimum absolute atomic E-state index is 0.667. The molecule has 0 spiro atoms. The molecule has 6 nitrogen and oxygen atoms in total. The van der Waals surface area contributed by atoms with Gasteiger partial charge in [0.25, 0.3) is 0 Å². The predicted molar refractivity (Wildman–Crippen MR) is 73.6 cm³/mol. The van der Waals surface area contributed by atoms with Gasteiger partial charge in [-0.15, -0.1) is 0 Å². The summed E-state index contributed by atoms with van der Waals surface area (Å²) in [4.78, 5) is 8.86. The number of rotatable bonds is 2. The highest BCUT2D eigenvalue weighted by Gasteiger charge is 2.17. The van der Waals surface area contributed by atoms with Crippen LogP contribution in [-0.2, 0) is 6.54 Å². The van der Waals surface area contributed by atoms with Crippen LogP contribution in [0, 0.1) is 13.8 Å². The van der Waals surface area contributed by atoms with Gasteiger partial charge in [-0.1, -0.05) is 0 Å². The molecule has 0 aliphatic heterocycles. The van der Waals surface area contributed by atoms with E-state index in [9.17, 15) is 0 Å². The maximum Gasteiger partial charge on any atom is 0.168 e. The highest BCUT2D eigenvalue weighted by Crippen LogP contribution is 2.27. The Bertz CT molecular complexity index is 901. The minimum Gasteiger partial charge on any atom is -0.467 e. The molecule has 0 bridgehead atoms. The zero-order chi connectivity index (χ0) is 13.7. The summed E-state index contributed by atoms with van der Waals surface area (Å²) in [5, 5.41) is 5.19. The molecule has 0 N–H and O–H groups in total. The highest BCUT2D eigenvalue weighted by molar-refractivity contribution is 5.93. The largest absolute Gasteiger partial charge is 0.467 e. The summed E-state index contributed by atoms with van der Waals surface area (Å²) in [5.41, 5.74) is 4.10. The summed E-state index contributed by atoms with van der Waals surface area (Å²) in [6.45, 7) is 4.85. The van der Waals surface area contributed by atoms with E-state index in [1.807, 2.05) is 12.1 Å². The second-order valence-electron chi connectivity index (χ2n) is 4.85. The SMILES string of the molecule is Cc1c(C)n(Cc2ccco2)c2ncn3ncnc3c12. The summed E-state index contributed by atoms with van der Waals surface area (Å²) in [6.07, 6.45) is 4.94. The normalized spacial score (nSPS) is 11.7. The van der Waals surface area contributed by atoms with E-state index < -0.39 is 0 Å². The lowest BCUT2D eigenvalue weighted by molar-refractivity contribution is 0.494. The lowest BCUT2D eigenvalue weighted by atomic mass is 10.2. The molecular formula is C14H13N5O. The zero-order valence-electron chi connectivity index (χ0n) is 11.2. The molecule has 4 aromatic heterocycles. The minimum atomic E-state index is 0.667. The lowest BCUT2D eigenvalue weighted by Crippen LogP contribution is -2.02. The van der Waals surface area contributed by atoms with Crippen LogP contribution < -0.4 is 0 Å². The molecule has 0 amide bonds. The molecule has 0 saturated heterocycles. The van der Waals surface area contributed by atoms with Gasteiger partial charge in [0, 0.05) is 5.69 Å². The van der Waals surface area contributed by atoms with Gasteiger partial charge in [-0.05, 0) is 31.5 Å².